The maximum Gasteiger partial charge on any atom is 0.316 e. The number of allylic oxidation sites excluding steroid dienone is 1. The van der Waals surface area contributed by atoms with Crippen LogP contribution in [0.2, 0.25) is 0 Å². The Hall–Kier alpha value is -1.90. The molecule has 1 atom stereocenters. The van der Waals surface area contributed by atoms with Gasteiger partial charge in [-0.25, -0.2) is 0 Å². The first-order valence-corrected chi connectivity index (χ1v) is 6.07. The Labute approximate surface area is 106 Å². The van der Waals surface area contributed by atoms with Gasteiger partial charge in [0.25, 0.3) is 0 Å². The number of hydrogen-bond acceptors (Lipinski definition) is 3. The molecule has 0 spiro atoms. The van der Waals surface area contributed by atoms with Crippen molar-refractivity contribution in [1.82, 2.24) is 0 Å². The lowest BCUT2D eigenvalue weighted by molar-refractivity contribution is -0.149. The van der Waals surface area contributed by atoms with E-state index in [1.807, 2.05) is 36.4 Å². The van der Waals surface area contributed by atoms with Crippen molar-refractivity contribution in [1.29, 1.82) is 0 Å². The summed E-state index contributed by atoms with van der Waals surface area (Å²) in [5, 5.41) is 0. The number of ether oxygens (including phenoxy) is 1. The highest BCUT2D eigenvalue weighted by molar-refractivity contribution is 5.99. The number of methoxy groups -OCH3 is 1. The number of aryl methyl sites for hydroxylation is 1. The Morgan fingerprint density at radius 1 is 1.28 bits per heavy atom. The number of rotatable bonds is 1. The van der Waals surface area contributed by atoms with Gasteiger partial charge in [-0.3, -0.25) is 9.59 Å². The molecule has 0 fully saturated rings. The fraction of sp³-hybridized carbons (Fsp3) is 0.333. The molecule has 0 aliphatic heterocycles. The normalized spacial score (nSPS) is 21.2. The standard InChI is InChI=1S/C15H16O3/c1-18-15(17)13-8-4-7-11-5-2-3-6-12(11)9-10-14(13)16/h2-7,13H,8-10H2,1H3/b7-4-. The number of benzene rings is 1. The van der Waals surface area contributed by atoms with Gasteiger partial charge >= 0.3 is 5.97 Å². The Morgan fingerprint density at radius 2 is 2.06 bits per heavy atom. The predicted molar refractivity (Wildman–Crippen MR) is 68.9 cm³/mol. The molecule has 18 heavy (non-hydrogen) atoms. The third-order valence-electron chi connectivity index (χ3n) is 3.24. The first kappa shape index (κ1) is 12.6. The summed E-state index contributed by atoms with van der Waals surface area (Å²) in [6, 6.07) is 7.98. The van der Waals surface area contributed by atoms with Gasteiger partial charge in [0, 0.05) is 6.42 Å². The zero-order valence-electron chi connectivity index (χ0n) is 10.4. The smallest absolute Gasteiger partial charge is 0.316 e. The maximum atomic E-state index is 12.0. The van der Waals surface area contributed by atoms with E-state index in [2.05, 4.69) is 4.74 Å². The van der Waals surface area contributed by atoms with E-state index in [4.69, 9.17) is 0 Å². The lowest BCUT2D eigenvalue weighted by Crippen LogP contribution is -2.25. The zero-order valence-corrected chi connectivity index (χ0v) is 10.4. The minimum absolute atomic E-state index is 0.0387. The van der Waals surface area contributed by atoms with Crippen LogP contribution in [0.4, 0.5) is 0 Å². The first-order chi connectivity index (χ1) is 8.72. The third-order valence-corrected chi connectivity index (χ3v) is 3.24. The van der Waals surface area contributed by atoms with E-state index in [1.165, 1.54) is 7.11 Å². The van der Waals surface area contributed by atoms with Gasteiger partial charge in [-0.1, -0.05) is 36.4 Å². The molecule has 0 amide bonds. The maximum absolute atomic E-state index is 12.0. The number of hydrogen-bond donors (Lipinski definition) is 0. The SMILES string of the molecule is COC(=O)C1C/C=C\c2ccccc2CCC1=O. The van der Waals surface area contributed by atoms with Crippen LogP contribution in [-0.4, -0.2) is 18.9 Å². The van der Waals surface area contributed by atoms with Crippen LogP contribution in [-0.2, 0) is 20.7 Å². The quantitative estimate of drug-likeness (QED) is 0.562. The number of ketones is 1. The molecule has 3 nitrogen and oxygen atoms in total. The van der Waals surface area contributed by atoms with Gasteiger partial charge < -0.3 is 4.74 Å². The Kier molecular flexibility index (Phi) is 3.92. The molecule has 0 radical (unpaired) electrons. The number of carbonyl (C=O) groups excluding carboxylic acids is 2. The second-order valence-electron chi connectivity index (χ2n) is 4.38. The molecule has 0 saturated heterocycles. The molecular weight excluding hydrogens is 228 g/mol. The van der Waals surface area contributed by atoms with Crippen molar-refractivity contribution in [2.24, 2.45) is 5.92 Å². The summed E-state index contributed by atoms with van der Waals surface area (Å²) < 4.78 is 4.68. The van der Waals surface area contributed by atoms with Crippen molar-refractivity contribution in [3.8, 4) is 0 Å². The van der Waals surface area contributed by atoms with Gasteiger partial charge in [-0.15, -0.1) is 0 Å². The number of Topliss-reactive ketones (excluding diaryl/α,β-unsaturated/α-hetero) is 1. The second kappa shape index (κ2) is 5.63. The van der Waals surface area contributed by atoms with E-state index in [0.717, 1.165) is 11.1 Å². The van der Waals surface area contributed by atoms with Gasteiger partial charge in [0.15, 0.2) is 0 Å². The van der Waals surface area contributed by atoms with E-state index in [-0.39, 0.29) is 5.78 Å². The summed E-state index contributed by atoms with van der Waals surface area (Å²) in [5.41, 5.74) is 2.27. The topological polar surface area (TPSA) is 43.4 Å². The van der Waals surface area contributed by atoms with Gasteiger partial charge in [0.05, 0.1) is 7.11 Å². The average Bonchev–Trinajstić information content (AvgIpc) is 2.48. The summed E-state index contributed by atoms with van der Waals surface area (Å²) in [4.78, 5) is 23.5. The summed E-state index contributed by atoms with van der Waals surface area (Å²) in [5.74, 6) is -1.13. The van der Waals surface area contributed by atoms with E-state index in [9.17, 15) is 9.59 Å². The molecule has 1 unspecified atom stereocenters. The van der Waals surface area contributed by atoms with Crippen molar-refractivity contribution < 1.29 is 14.3 Å². The molecular formula is C15H16O3. The van der Waals surface area contributed by atoms with Crippen molar-refractivity contribution in [2.45, 2.75) is 19.3 Å². The van der Waals surface area contributed by atoms with Crippen LogP contribution in [0.15, 0.2) is 30.3 Å². The molecule has 94 valence electrons. The number of esters is 1. The van der Waals surface area contributed by atoms with Gasteiger partial charge in [0.2, 0.25) is 0 Å². The molecule has 1 aromatic carbocycles. The second-order valence-corrected chi connectivity index (χ2v) is 4.38. The van der Waals surface area contributed by atoms with E-state index in [1.54, 1.807) is 0 Å². The van der Waals surface area contributed by atoms with Crippen molar-refractivity contribution in [3.63, 3.8) is 0 Å². The van der Waals surface area contributed by atoms with Crippen molar-refractivity contribution >= 4 is 17.8 Å². The van der Waals surface area contributed by atoms with Crippen LogP contribution in [0.5, 0.6) is 0 Å². The minimum Gasteiger partial charge on any atom is -0.468 e. The predicted octanol–water partition coefficient (Wildman–Crippen LogP) is 2.39. The largest absolute Gasteiger partial charge is 0.468 e. The van der Waals surface area contributed by atoms with E-state index in [0.29, 0.717) is 19.3 Å². The molecule has 3 heteroatoms. The Bertz CT molecular complexity index is 488. The van der Waals surface area contributed by atoms with Crippen molar-refractivity contribution in [2.75, 3.05) is 7.11 Å². The van der Waals surface area contributed by atoms with Crippen LogP contribution in [0.1, 0.15) is 24.0 Å². The van der Waals surface area contributed by atoms with Crippen LogP contribution < -0.4 is 0 Å². The van der Waals surface area contributed by atoms with E-state index >= 15 is 0 Å². The molecule has 1 aliphatic carbocycles. The third kappa shape index (κ3) is 2.67. The minimum atomic E-state index is -0.652. The molecule has 0 heterocycles. The highest BCUT2D eigenvalue weighted by atomic mass is 16.5. The van der Waals surface area contributed by atoms with Gasteiger partial charge in [-0.2, -0.15) is 0 Å². The van der Waals surface area contributed by atoms with Gasteiger partial charge in [-0.05, 0) is 24.0 Å². The summed E-state index contributed by atoms with van der Waals surface area (Å²) >= 11 is 0. The molecule has 0 saturated carbocycles. The number of carbonyl (C=O) groups is 2. The average molecular weight is 244 g/mol. The molecule has 0 bridgehead atoms. The molecule has 2 rings (SSSR count). The lowest BCUT2D eigenvalue weighted by atomic mass is 9.96. The van der Waals surface area contributed by atoms with Crippen LogP contribution in [0.3, 0.4) is 0 Å². The zero-order chi connectivity index (χ0) is 13.0. The van der Waals surface area contributed by atoms with E-state index < -0.39 is 11.9 Å². The summed E-state index contributed by atoms with van der Waals surface area (Å²) in [6.45, 7) is 0. The summed E-state index contributed by atoms with van der Waals surface area (Å²) in [6.07, 6.45) is 5.33. The Balaban J connectivity index is 2.25. The number of fused-ring (bicyclic) bond motifs is 1. The molecule has 1 aliphatic rings. The van der Waals surface area contributed by atoms with Gasteiger partial charge in [0.1, 0.15) is 11.7 Å². The fourth-order valence-corrected chi connectivity index (χ4v) is 2.19. The van der Waals surface area contributed by atoms with Crippen LogP contribution in [0, 0.1) is 5.92 Å². The fourth-order valence-electron chi connectivity index (χ4n) is 2.19. The van der Waals surface area contributed by atoms with Crippen LogP contribution >= 0.6 is 0 Å². The highest BCUT2D eigenvalue weighted by Gasteiger charge is 2.26. The monoisotopic (exact) mass is 244 g/mol. The summed E-state index contributed by atoms with van der Waals surface area (Å²) in [7, 11) is 1.32. The first-order valence-electron chi connectivity index (χ1n) is 6.07. The molecule has 0 N–H and O–H groups in total. The van der Waals surface area contributed by atoms with Crippen LogP contribution in [0.25, 0.3) is 6.08 Å². The van der Waals surface area contributed by atoms with Crippen molar-refractivity contribution in [3.05, 3.63) is 41.5 Å². The lowest BCUT2D eigenvalue weighted by Gasteiger charge is -2.10. The highest BCUT2D eigenvalue weighted by Crippen LogP contribution is 2.20. The molecule has 1 aromatic rings. The molecule has 0 aromatic heterocycles. The Morgan fingerprint density at radius 3 is 2.83 bits per heavy atom.